The van der Waals surface area contributed by atoms with E-state index in [0.29, 0.717) is 18.9 Å². The van der Waals surface area contributed by atoms with Crippen LogP contribution in [0.1, 0.15) is 54.2 Å². The maximum absolute atomic E-state index is 13.9. The van der Waals surface area contributed by atoms with Gasteiger partial charge in [0.1, 0.15) is 0 Å². The molecule has 186 valence electrons. The fraction of sp³-hybridized carbons (Fsp3) is 0.423. The van der Waals surface area contributed by atoms with Gasteiger partial charge in [-0.1, -0.05) is 12.5 Å². The van der Waals surface area contributed by atoms with Gasteiger partial charge in [-0.3, -0.25) is 14.5 Å². The summed E-state index contributed by atoms with van der Waals surface area (Å²) in [5.74, 6) is -2.27. The molecule has 7 nitrogen and oxygen atoms in total. The number of rotatable bonds is 9. The molecule has 0 spiro atoms. The van der Waals surface area contributed by atoms with Crippen molar-refractivity contribution < 1.29 is 18.3 Å². The van der Waals surface area contributed by atoms with Gasteiger partial charge in [0.05, 0.1) is 12.8 Å². The Labute approximate surface area is 202 Å². The van der Waals surface area contributed by atoms with Crippen LogP contribution in [0.25, 0.3) is 11.3 Å². The lowest BCUT2D eigenvalue weighted by Crippen LogP contribution is -2.33. The van der Waals surface area contributed by atoms with E-state index < -0.39 is 23.3 Å². The number of likely N-dealkylation sites (tertiary alicyclic amines) is 1. The molecule has 1 N–H and O–H groups in total. The van der Waals surface area contributed by atoms with Crippen LogP contribution in [0.3, 0.4) is 0 Å². The average Bonchev–Trinajstić information content (AvgIpc) is 3.22. The molecule has 1 aliphatic rings. The number of hydrogen-bond donors (Lipinski definition) is 1. The summed E-state index contributed by atoms with van der Waals surface area (Å²) >= 11 is 0. The number of imidazole rings is 1. The first-order valence-corrected chi connectivity index (χ1v) is 12.0. The molecule has 3 aromatic rings. The molecule has 35 heavy (non-hydrogen) atoms. The monoisotopic (exact) mass is 484 g/mol. The Morgan fingerprint density at radius 1 is 1.09 bits per heavy atom. The van der Waals surface area contributed by atoms with E-state index in [9.17, 15) is 18.4 Å². The fourth-order valence-electron chi connectivity index (χ4n) is 4.73. The Bertz CT molecular complexity index is 1200. The minimum Gasteiger partial charge on any atom is -0.464 e. The van der Waals surface area contributed by atoms with Crippen LogP contribution in [-0.4, -0.2) is 52.1 Å². The summed E-state index contributed by atoms with van der Waals surface area (Å²) in [6.45, 7) is 3.42. The number of ether oxygens (including phenoxy) is 1. The average molecular weight is 485 g/mol. The normalized spacial score (nSPS) is 14.8. The number of nitrogens with zero attached hydrogens (tertiary/aromatic N) is 3. The van der Waals surface area contributed by atoms with Crippen molar-refractivity contribution >= 4 is 5.97 Å². The summed E-state index contributed by atoms with van der Waals surface area (Å²) < 4.78 is 33.5. The molecule has 1 aromatic carbocycles. The van der Waals surface area contributed by atoms with Gasteiger partial charge >= 0.3 is 11.7 Å². The second kappa shape index (κ2) is 11.4. The third-order valence-corrected chi connectivity index (χ3v) is 6.62. The summed E-state index contributed by atoms with van der Waals surface area (Å²) in [5.41, 5.74) is 1.06. The predicted molar refractivity (Wildman–Crippen MR) is 128 cm³/mol. The van der Waals surface area contributed by atoms with Crippen LogP contribution in [0.4, 0.5) is 8.78 Å². The molecule has 3 heterocycles. The van der Waals surface area contributed by atoms with Crippen molar-refractivity contribution in [2.24, 2.45) is 0 Å². The number of pyridine rings is 1. The Balaban J connectivity index is 1.33. The number of benzene rings is 1. The molecule has 1 saturated heterocycles. The number of aromatic amines is 1. The molecule has 0 amide bonds. The quantitative estimate of drug-likeness (QED) is 0.361. The second-order valence-corrected chi connectivity index (χ2v) is 8.86. The molecule has 0 aliphatic carbocycles. The molecule has 2 aromatic heterocycles. The van der Waals surface area contributed by atoms with Crippen LogP contribution in [0.15, 0.2) is 47.4 Å². The van der Waals surface area contributed by atoms with E-state index in [1.807, 2.05) is 18.3 Å². The minimum atomic E-state index is -1.05. The topological polar surface area (TPSA) is 80.2 Å². The maximum Gasteiger partial charge on any atom is 0.356 e. The van der Waals surface area contributed by atoms with E-state index in [0.717, 1.165) is 57.5 Å². The van der Waals surface area contributed by atoms with Crippen molar-refractivity contribution in [3.05, 3.63) is 76.1 Å². The first kappa shape index (κ1) is 24.8. The lowest BCUT2D eigenvalue weighted by molar-refractivity contribution is 0.0595. The van der Waals surface area contributed by atoms with Crippen LogP contribution in [-0.2, 0) is 11.3 Å². The molecule has 0 atom stereocenters. The van der Waals surface area contributed by atoms with Gasteiger partial charge in [-0.2, -0.15) is 0 Å². The Morgan fingerprint density at radius 2 is 1.86 bits per heavy atom. The Morgan fingerprint density at radius 3 is 2.54 bits per heavy atom. The van der Waals surface area contributed by atoms with Crippen LogP contribution < -0.4 is 5.69 Å². The summed E-state index contributed by atoms with van der Waals surface area (Å²) in [6.07, 6.45) is 6.64. The lowest BCUT2D eigenvalue weighted by Gasteiger charge is -2.31. The smallest absolute Gasteiger partial charge is 0.356 e. The zero-order valence-corrected chi connectivity index (χ0v) is 19.8. The van der Waals surface area contributed by atoms with Crippen molar-refractivity contribution in [2.45, 2.75) is 44.6 Å². The van der Waals surface area contributed by atoms with E-state index >= 15 is 0 Å². The highest BCUT2D eigenvalue weighted by atomic mass is 19.2. The summed E-state index contributed by atoms with van der Waals surface area (Å²) in [4.78, 5) is 34.3. The van der Waals surface area contributed by atoms with Crippen LogP contribution >= 0.6 is 0 Å². The molecule has 0 saturated carbocycles. The second-order valence-electron chi connectivity index (χ2n) is 8.86. The van der Waals surface area contributed by atoms with Crippen LogP contribution in [0.2, 0.25) is 0 Å². The predicted octanol–water partition coefficient (Wildman–Crippen LogP) is 4.35. The minimum absolute atomic E-state index is 0.0701. The summed E-state index contributed by atoms with van der Waals surface area (Å²) in [6, 6.07) is 9.38. The number of esters is 1. The maximum atomic E-state index is 13.9. The molecular formula is C26H30F2N4O3. The summed E-state index contributed by atoms with van der Waals surface area (Å²) in [5, 5.41) is 0. The van der Waals surface area contributed by atoms with Crippen molar-refractivity contribution in [3.63, 3.8) is 0 Å². The van der Waals surface area contributed by atoms with Crippen molar-refractivity contribution in [3.8, 4) is 11.3 Å². The lowest BCUT2D eigenvalue weighted by atomic mass is 9.93. The van der Waals surface area contributed by atoms with E-state index in [1.165, 1.54) is 23.4 Å². The zero-order valence-electron chi connectivity index (χ0n) is 19.8. The van der Waals surface area contributed by atoms with Crippen molar-refractivity contribution in [1.82, 2.24) is 19.4 Å². The highest BCUT2D eigenvalue weighted by Gasteiger charge is 2.23. The number of piperidine rings is 1. The van der Waals surface area contributed by atoms with Crippen LogP contribution in [0.5, 0.6) is 0 Å². The van der Waals surface area contributed by atoms with Gasteiger partial charge in [-0.15, -0.1) is 0 Å². The first-order valence-electron chi connectivity index (χ1n) is 12.0. The number of nitrogens with one attached hydrogen (secondary N) is 1. The number of carbonyl (C=O) groups is 1. The van der Waals surface area contributed by atoms with Gasteiger partial charge in [0.15, 0.2) is 17.3 Å². The molecule has 0 unspecified atom stereocenters. The van der Waals surface area contributed by atoms with E-state index in [2.05, 4.69) is 20.9 Å². The highest BCUT2D eigenvalue weighted by molar-refractivity contribution is 5.94. The molecule has 4 rings (SSSR count). The van der Waals surface area contributed by atoms with E-state index in [1.54, 1.807) is 0 Å². The standard InChI is InChI=1S/C26H30F2N4O3/c1-35-25(33)23-24(19-8-9-20(27)21(28)17-19)32(26(34)30-23)14-6-2-5-13-31-15-10-18(11-16-31)22-7-3-4-12-29-22/h3-4,7-9,12,17-18H,2,5-6,10-11,13-16H2,1H3,(H,30,34). The Hall–Kier alpha value is -3.33. The summed E-state index contributed by atoms with van der Waals surface area (Å²) in [7, 11) is 1.20. The molecule has 9 heteroatoms. The Kier molecular flexibility index (Phi) is 8.07. The number of halogens is 2. The van der Waals surface area contributed by atoms with Gasteiger partial charge in [0, 0.05) is 29.9 Å². The van der Waals surface area contributed by atoms with Gasteiger partial charge in [0.25, 0.3) is 0 Å². The SMILES string of the molecule is COC(=O)c1[nH]c(=O)n(CCCCCN2CCC(c3ccccn3)CC2)c1-c1ccc(F)c(F)c1. The molecule has 1 aliphatic heterocycles. The van der Waals surface area contributed by atoms with Gasteiger partial charge < -0.3 is 9.64 Å². The number of hydrogen-bond acceptors (Lipinski definition) is 5. The number of carbonyl (C=O) groups excluding carboxylic acids is 1. The molecule has 0 bridgehead atoms. The number of methoxy groups -OCH3 is 1. The van der Waals surface area contributed by atoms with Crippen molar-refractivity contribution in [1.29, 1.82) is 0 Å². The molecule has 0 radical (unpaired) electrons. The number of unbranched alkanes of at least 4 members (excludes halogenated alkanes) is 2. The zero-order chi connectivity index (χ0) is 24.8. The third kappa shape index (κ3) is 5.85. The fourth-order valence-corrected chi connectivity index (χ4v) is 4.73. The van der Waals surface area contributed by atoms with E-state index in [-0.39, 0.29) is 17.0 Å². The number of H-pyrrole nitrogens is 1. The molecular weight excluding hydrogens is 454 g/mol. The largest absolute Gasteiger partial charge is 0.464 e. The van der Waals surface area contributed by atoms with Crippen LogP contribution in [0, 0.1) is 11.6 Å². The first-order chi connectivity index (χ1) is 17.0. The highest BCUT2D eigenvalue weighted by Crippen LogP contribution is 2.27. The van der Waals surface area contributed by atoms with Gasteiger partial charge in [-0.05, 0) is 75.6 Å². The van der Waals surface area contributed by atoms with Gasteiger partial charge in [0.2, 0.25) is 0 Å². The van der Waals surface area contributed by atoms with Gasteiger partial charge in [-0.25, -0.2) is 18.4 Å². The van der Waals surface area contributed by atoms with Crippen molar-refractivity contribution in [2.75, 3.05) is 26.7 Å². The van der Waals surface area contributed by atoms with E-state index in [4.69, 9.17) is 4.74 Å². The molecule has 1 fully saturated rings. The third-order valence-electron chi connectivity index (χ3n) is 6.62. The number of aromatic nitrogens is 3.